The summed E-state index contributed by atoms with van der Waals surface area (Å²) in [5.41, 5.74) is -1.33. The highest BCUT2D eigenvalue weighted by Gasteiger charge is 2.34. The molecule has 0 unspecified atom stereocenters. The molecule has 0 radical (unpaired) electrons. The molecule has 0 saturated heterocycles. The Labute approximate surface area is 88.3 Å². The minimum atomic E-state index is -4.73. The van der Waals surface area contributed by atoms with E-state index in [-0.39, 0.29) is 11.4 Å². The van der Waals surface area contributed by atoms with Crippen LogP contribution in [0.3, 0.4) is 0 Å². The number of aliphatic hydroxyl groups is 1. The lowest BCUT2D eigenvalue weighted by atomic mass is 10.1. The highest BCUT2D eigenvalue weighted by atomic mass is 35.5. The van der Waals surface area contributed by atoms with E-state index >= 15 is 0 Å². The van der Waals surface area contributed by atoms with Gasteiger partial charge in [0.25, 0.3) is 0 Å². The summed E-state index contributed by atoms with van der Waals surface area (Å²) in [4.78, 5) is 0. The Morgan fingerprint density at radius 2 is 1.93 bits per heavy atom. The molecule has 6 heteroatoms. The third-order valence-corrected chi connectivity index (χ3v) is 2.12. The second-order valence-corrected chi connectivity index (χ2v) is 3.22. The van der Waals surface area contributed by atoms with Gasteiger partial charge in [-0.15, -0.1) is 11.6 Å². The Morgan fingerprint density at radius 1 is 1.33 bits per heavy atom. The van der Waals surface area contributed by atoms with Crippen LogP contribution < -0.4 is 0 Å². The maximum absolute atomic E-state index is 13.0. The number of benzene rings is 1. The van der Waals surface area contributed by atoms with E-state index in [1.165, 1.54) is 0 Å². The van der Waals surface area contributed by atoms with Crippen molar-refractivity contribution in [2.75, 3.05) is 5.88 Å². The summed E-state index contributed by atoms with van der Waals surface area (Å²) in [5, 5.41) is 9.17. The first-order valence-electron chi connectivity index (χ1n) is 3.97. The third-order valence-electron chi connectivity index (χ3n) is 1.83. The first-order chi connectivity index (χ1) is 6.86. The molecule has 0 bridgehead atoms. The van der Waals surface area contributed by atoms with Crippen LogP contribution in [0.5, 0.6) is 0 Å². The van der Waals surface area contributed by atoms with Gasteiger partial charge in [-0.1, -0.05) is 6.07 Å². The Hall–Kier alpha value is -0.810. The average Bonchev–Trinajstić information content (AvgIpc) is 2.14. The van der Waals surface area contributed by atoms with Crippen LogP contribution in [0.2, 0.25) is 0 Å². The maximum Gasteiger partial charge on any atom is 0.419 e. The number of rotatable bonds is 2. The number of hydrogen-bond acceptors (Lipinski definition) is 1. The molecule has 1 aromatic rings. The molecule has 1 aromatic carbocycles. The van der Waals surface area contributed by atoms with Gasteiger partial charge in [0.15, 0.2) is 0 Å². The van der Waals surface area contributed by atoms with E-state index in [4.69, 9.17) is 16.7 Å². The maximum atomic E-state index is 13.0. The van der Waals surface area contributed by atoms with Crippen LogP contribution in [0.1, 0.15) is 17.2 Å². The number of hydrogen-bond donors (Lipinski definition) is 1. The zero-order valence-corrected chi connectivity index (χ0v) is 8.11. The molecule has 0 fully saturated rings. The van der Waals surface area contributed by atoms with Crippen molar-refractivity contribution in [2.45, 2.75) is 12.3 Å². The zero-order chi connectivity index (χ0) is 11.6. The molecule has 0 heterocycles. The third kappa shape index (κ3) is 2.82. The summed E-state index contributed by atoms with van der Waals surface area (Å²) >= 11 is 5.27. The normalized spacial score (nSPS) is 14.0. The van der Waals surface area contributed by atoms with Crippen LogP contribution >= 0.6 is 11.6 Å². The van der Waals surface area contributed by atoms with Gasteiger partial charge in [-0.3, -0.25) is 0 Å². The monoisotopic (exact) mass is 242 g/mol. The summed E-state index contributed by atoms with van der Waals surface area (Å²) in [7, 11) is 0. The van der Waals surface area contributed by atoms with Crippen molar-refractivity contribution in [3.05, 3.63) is 35.1 Å². The van der Waals surface area contributed by atoms with Crippen LogP contribution in [0.4, 0.5) is 17.6 Å². The summed E-state index contributed by atoms with van der Waals surface area (Å²) in [6.45, 7) is 0. The van der Waals surface area contributed by atoms with Crippen molar-refractivity contribution in [1.29, 1.82) is 0 Å². The van der Waals surface area contributed by atoms with E-state index in [1.807, 2.05) is 0 Å². The van der Waals surface area contributed by atoms with Crippen molar-refractivity contribution in [3.8, 4) is 0 Å². The molecule has 0 aromatic heterocycles. The van der Waals surface area contributed by atoms with Crippen molar-refractivity contribution in [3.63, 3.8) is 0 Å². The SMILES string of the molecule is O[C@H](CCl)c1ccc(C(F)(F)F)c(F)c1. The molecule has 0 saturated carbocycles. The highest BCUT2D eigenvalue weighted by molar-refractivity contribution is 6.18. The molecular formula is C9H7ClF4O. The van der Waals surface area contributed by atoms with Crippen molar-refractivity contribution in [2.24, 2.45) is 0 Å². The van der Waals surface area contributed by atoms with Gasteiger partial charge in [-0.05, 0) is 17.7 Å². The smallest absolute Gasteiger partial charge is 0.387 e. The van der Waals surface area contributed by atoms with Gasteiger partial charge >= 0.3 is 6.18 Å². The van der Waals surface area contributed by atoms with Gasteiger partial charge in [0.05, 0.1) is 17.5 Å². The lowest BCUT2D eigenvalue weighted by Gasteiger charge is -2.11. The predicted octanol–water partition coefficient (Wildman–Crippen LogP) is 3.12. The van der Waals surface area contributed by atoms with Crippen molar-refractivity contribution in [1.82, 2.24) is 0 Å². The summed E-state index contributed by atoms with van der Waals surface area (Å²) in [5.74, 6) is -1.62. The van der Waals surface area contributed by atoms with E-state index in [2.05, 4.69) is 0 Å². The van der Waals surface area contributed by atoms with E-state index in [0.29, 0.717) is 12.1 Å². The molecule has 1 atom stereocenters. The first kappa shape index (κ1) is 12.3. The Bertz CT molecular complexity index is 350. The topological polar surface area (TPSA) is 20.2 Å². The standard InChI is InChI=1S/C9H7ClF4O/c10-4-8(15)5-1-2-6(7(11)3-5)9(12,13)14/h1-3,8,15H,4H2/t8-/m1/s1. The predicted molar refractivity (Wildman–Crippen MR) is 47.1 cm³/mol. The minimum absolute atomic E-state index is 0.0236. The molecule has 0 spiro atoms. The fraction of sp³-hybridized carbons (Fsp3) is 0.333. The fourth-order valence-electron chi connectivity index (χ4n) is 1.06. The van der Waals surface area contributed by atoms with Crippen molar-refractivity contribution >= 4 is 11.6 Å². The molecule has 1 nitrogen and oxygen atoms in total. The van der Waals surface area contributed by atoms with Crippen LogP contribution in [-0.2, 0) is 6.18 Å². The van der Waals surface area contributed by atoms with Crippen LogP contribution in [0.25, 0.3) is 0 Å². The van der Waals surface area contributed by atoms with Gasteiger partial charge in [0.2, 0.25) is 0 Å². The van der Waals surface area contributed by atoms with Crippen LogP contribution in [0.15, 0.2) is 18.2 Å². The number of alkyl halides is 4. The van der Waals surface area contributed by atoms with Gasteiger partial charge in [0.1, 0.15) is 5.82 Å². The Morgan fingerprint density at radius 3 is 2.33 bits per heavy atom. The summed E-state index contributed by atoms with van der Waals surface area (Å²) in [6.07, 6.45) is -5.89. The quantitative estimate of drug-likeness (QED) is 0.624. The molecule has 1 rings (SSSR count). The van der Waals surface area contributed by atoms with E-state index in [1.54, 1.807) is 0 Å². The Balaban J connectivity index is 3.09. The molecule has 0 aliphatic rings. The molecule has 0 aliphatic carbocycles. The molecule has 84 valence electrons. The molecule has 0 amide bonds. The second kappa shape index (κ2) is 4.37. The van der Waals surface area contributed by atoms with Crippen molar-refractivity contribution < 1.29 is 22.7 Å². The zero-order valence-electron chi connectivity index (χ0n) is 7.35. The Kier molecular flexibility index (Phi) is 3.57. The van der Waals surface area contributed by atoms with Crippen LogP contribution in [-0.4, -0.2) is 11.0 Å². The van der Waals surface area contributed by atoms with E-state index in [0.717, 1.165) is 6.07 Å². The second-order valence-electron chi connectivity index (χ2n) is 2.91. The largest absolute Gasteiger partial charge is 0.419 e. The summed E-state index contributed by atoms with van der Waals surface area (Å²) in [6, 6.07) is 2.22. The fourth-order valence-corrected chi connectivity index (χ4v) is 1.24. The molecule has 0 aliphatic heterocycles. The highest BCUT2D eigenvalue weighted by Crippen LogP contribution is 2.32. The number of aliphatic hydroxyl groups excluding tert-OH is 1. The summed E-state index contributed by atoms with van der Waals surface area (Å²) < 4.78 is 49.4. The van der Waals surface area contributed by atoms with E-state index < -0.39 is 23.7 Å². The number of halogens is 5. The lowest BCUT2D eigenvalue weighted by Crippen LogP contribution is -2.09. The average molecular weight is 243 g/mol. The molecule has 15 heavy (non-hydrogen) atoms. The van der Waals surface area contributed by atoms with Gasteiger partial charge in [-0.2, -0.15) is 13.2 Å². The van der Waals surface area contributed by atoms with Gasteiger partial charge < -0.3 is 5.11 Å². The van der Waals surface area contributed by atoms with Gasteiger partial charge in [-0.25, -0.2) is 4.39 Å². The van der Waals surface area contributed by atoms with Gasteiger partial charge in [0, 0.05) is 0 Å². The first-order valence-corrected chi connectivity index (χ1v) is 4.50. The van der Waals surface area contributed by atoms with E-state index in [9.17, 15) is 17.6 Å². The molecular weight excluding hydrogens is 236 g/mol. The van der Waals surface area contributed by atoms with Crippen LogP contribution in [0, 0.1) is 5.82 Å². The minimum Gasteiger partial charge on any atom is -0.387 e. The lowest BCUT2D eigenvalue weighted by molar-refractivity contribution is -0.140. The molecule has 1 N–H and O–H groups in total.